The van der Waals surface area contributed by atoms with E-state index in [9.17, 15) is 18.0 Å². The number of anilines is 1. The Bertz CT molecular complexity index is 1400. The fourth-order valence-electron chi connectivity index (χ4n) is 3.89. The Morgan fingerprint density at radius 3 is 2.24 bits per heavy atom. The van der Waals surface area contributed by atoms with E-state index in [1.807, 2.05) is 31.2 Å². The van der Waals surface area contributed by atoms with Crippen LogP contribution in [0.1, 0.15) is 30.5 Å². The number of benzene rings is 3. The highest BCUT2D eigenvalue weighted by atomic mass is 79.9. The lowest BCUT2D eigenvalue weighted by Gasteiger charge is -2.32. The lowest BCUT2D eigenvalue weighted by molar-refractivity contribution is -0.139. The van der Waals surface area contributed by atoms with Gasteiger partial charge in [0.15, 0.2) is 0 Å². The Morgan fingerprint density at radius 1 is 1.00 bits per heavy atom. The van der Waals surface area contributed by atoms with Gasteiger partial charge in [-0.1, -0.05) is 63.4 Å². The summed E-state index contributed by atoms with van der Waals surface area (Å²) >= 11 is 9.65. The summed E-state index contributed by atoms with van der Waals surface area (Å²) in [7, 11) is -4.15. The highest BCUT2D eigenvalue weighted by Crippen LogP contribution is 2.30. The molecule has 3 aromatic carbocycles. The van der Waals surface area contributed by atoms with Gasteiger partial charge in [0.1, 0.15) is 12.6 Å². The summed E-state index contributed by atoms with van der Waals surface area (Å²) in [6.07, 6.45) is 0. The molecule has 10 heteroatoms. The van der Waals surface area contributed by atoms with E-state index in [1.54, 1.807) is 45.0 Å². The fraction of sp³-hybridized carbons (Fsp3) is 0.286. The van der Waals surface area contributed by atoms with E-state index in [1.165, 1.54) is 23.1 Å². The van der Waals surface area contributed by atoms with Gasteiger partial charge < -0.3 is 10.2 Å². The molecule has 38 heavy (non-hydrogen) atoms. The van der Waals surface area contributed by atoms with Crippen molar-refractivity contribution < 1.29 is 18.0 Å². The molecule has 3 aromatic rings. The smallest absolute Gasteiger partial charge is 0.264 e. The maximum Gasteiger partial charge on any atom is 0.264 e. The van der Waals surface area contributed by atoms with Crippen molar-refractivity contribution in [1.29, 1.82) is 0 Å². The predicted octanol–water partition coefficient (Wildman–Crippen LogP) is 5.47. The first-order valence-electron chi connectivity index (χ1n) is 12.1. The van der Waals surface area contributed by atoms with Crippen molar-refractivity contribution in [3.8, 4) is 0 Å². The summed E-state index contributed by atoms with van der Waals surface area (Å²) in [5.41, 5.74) is 2.63. The van der Waals surface area contributed by atoms with Gasteiger partial charge in [0.25, 0.3) is 10.0 Å². The van der Waals surface area contributed by atoms with Crippen molar-refractivity contribution in [2.45, 2.75) is 45.2 Å². The quantitative estimate of drug-likeness (QED) is 0.326. The molecule has 0 aliphatic heterocycles. The molecule has 0 spiro atoms. The number of aryl methyl sites for hydroxylation is 2. The first-order valence-corrected chi connectivity index (χ1v) is 14.7. The molecule has 0 aromatic heterocycles. The number of carbonyl (C=O) groups is 2. The molecule has 0 radical (unpaired) electrons. The second-order valence-electron chi connectivity index (χ2n) is 8.97. The van der Waals surface area contributed by atoms with E-state index in [0.717, 1.165) is 19.9 Å². The summed E-state index contributed by atoms with van der Waals surface area (Å²) in [5, 5.41) is 3.09. The van der Waals surface area contributed by atoms with E-state index < -0.39 is 28.5 Å². The number of rotatable bonds is 10. The number of carbonyl (C=O) groups excluding carboxylic acids is 2. The predicted molar refractivity (Wildman–Crippen MR) is 155 cm³/mol. The van der Waals surface area contributed by atoms with E-state index >= 15 is 0 Å². The van der Waals surface area contributed by atoms with Crippen LogP contribution in [0.15, 0.2) is 76.1 Å². The van der Waals surface area contributed by atoms with Crippen molar-refractivity contribution in [3.05, 3.63) is 92.9 Å². The fourth-order valence-corrected chi connectivity index (χ4v) is 5.79. The van der Waals surface area contributed by atoms with Gasteiger partial charge in [-0.15, -0.1) is 0 Å². The van der Waals surface area contributed by atoms with Gasteiger partial charge >= 0.3 is 0 Å². The molecular weight excluding hydrogens is 590 g/mol. The zero-order valence-electron chi connectivity index (χ0n) is 21.7. The van der Waals surface area contributed by atoms with Crippen molar-refractivity contribution >= 4 is 55.1 Å². The molecule has 7 nitrogen and oxygen atoms in total. The number of hydrogen-bond acceptors (Lipinski definition) is 4. The van der Waals surface area contributed by atoms with E-state index in [2.05, 4.69) is 21.2 Å². The number of sulfonamides is 1. The highest BCUT2D eigenvalue weighted by molar-refractivity contribution is 9.10. The van der Waals surface area contributed by atoms with Crippen molar-refractivity contribution in [2.24, 2.45) is 0 Å². The highest BCUT2D eigenvalue weighted by Gasteiger charge is 2.33. The van der Waals surface area contributed by atoms with Crippen molar-refractivity contribution in [1.82, 2.24) is 10.2 Å². The SMILES string of the molecule is CCNC(=O)C(C)N(Cc1ccc(Br)cc1)C(=O)CN(c1cc(Cl)ccc1C)S(=O)(=O)c1ccc(C)cc1. The molecule has 202 valence electrons. The zero-order valence-corrected chi connectivity index (χ0v) is 24.9. The van der Waals surface area contributed by atoms with Crippen LogP contribution in [0.4, 0.5) is 5.69 Å². The van der Waals surface area contributed by atoms with Crippen LogP contribution in [0.25, 0.3) is 0 Å². The largest absolute Gasteiger partial charge is 0.355 e. The van der Waals surface area contributed by atoms with Crippen LogP contribution in [0.3, 0.4) is 0 Å². The molecular formula is C28H31BrClN3O4S. The van der Waals surface area contributed by atoms with Gasteiger partial charge in [0.05, 0.1) is 10.6 Å². The minimum atomic E-state index is -4.15. The van der Waals surface area contributed by atoms with Gasteiger partial charge in [0.2, 0.25) is 11.8 Å². The Kier molecular flexibility index (Phi) is 9.98. The van der Waals surface area contributed by atoms with Gasteiger partial charge in [-0.25, -0.2) is 8.42 Å². The minimum Gasteiger partial charge on any atom is -0.355 e. The Labute approximate surface area is 238 Å². The molecule has 0 aliphatic rings. The summed E-state index contributed by atoms with van der Waals surface area (Å²) in [6, 6.07) is 17.9. The zero-order chi connectivity index (χ0) is 28.0. The molecule has 0 fully saturated rings. The molecule has 0 saturated heterocycles. The molecule has 0 saturated carbocycles. The van der Waals surface area contributed by atoms with Gasteiger partial charge in [0, 0.05) is 22.6 Å². The maximum atomic E-state index is 13.9. The minimum absolute atomic E-state index is 0.0477. The average Bonchev–Trinajstić information content (AvgIpc) is 2.88. The van der Waals surface area contributed by atoms with Crippen molar-refractivity contribution in [3.63, 3.8) is 0 Å². The first kappa shape index (κ1) is 29.7. The number of halogens is 2. The summed E-state index contributed by atoms with van der Waals surface area (Å²) < 4.78 is 29.7. The Balaban J connectivity index is 2.07. The van der Waals surface area contributed by atoms with Crippen LogP contribution in [0.2, 0.25) is 5.02 Å². The van der Waals surface area contributed by atoms with Gasteiger partial charge in [-0.3, -0.25) is 13.9 Å². The Morgan fingerprint density at radius 2 is 1.63 bits per heavy atom. The molecule has 1 atom stereocenters. The summed E-state index contributed by atoms with van der Waals surface area (Å²) in [5.74, 6) is -0.855. The van der Waals surface area contributed by atoms with Gasteiger partial charge in [-0.2, -0.15) is 0 Å². The van der Waals surface area contributed by atoms with Crippen LogP contribution in [-0.2, 0) is 26.2 Å². The monoisotopic (exact) mass is 619 g/mol. The maximum absolute atomic E-state index is 13.9. The molecule has 3 rings (SSSR count). The topological polar surface area (TPSA) is 86.8 Å². The van der Waals surface area contributed by atoms with E-state index in [-0.39, 0.29) is 17.3 Å². The molecule has 0 heterocycles. The van der Waals surface area contributed by atoms with E-state index in [0.29, 0.717) is 22.8 Å². The molecule has 1 unspecified atom stereocenters. The number of nitrogens with one attached hydrogen (secondary N) is 1. The van der Waals surface area contributed by atoms with Crippen LogP contribution in [0.5, 0.6) is 0 Å². The third kappa shape index (κ3) is 7.15. The standard InChI is InChI=1S/C28H31BrClN3O4S/c1-5-31-28(35)21(4)32(17-22-9-11-23(29)12-10-22)27(34)18-33(26-16-24(30)13-8-20(26)3)38(36,37)25-14-6-19(2)7-15-25/h6-16,21H,5,17-18H2,1-4H3,(H,31,35). The lowest BCUT2D eigenvalue weighted by atomic mass is 10.1. The average molecular weight is 621 g/mol. The molecule has 1 N–H and O–H groups in total. The van der Waals surface area contributed by atoms with Crippen LogP contribution in [-0.4, -0.2) is 44.3 Å². The van der Waals surface area contributed by atoms with Gasteiger partial charge in [-0.05, 0) is 75.2 Å². The summed E-state index contributed by atoms with van der Waals surface area (Å²) in [6.45, 7) is 7.05. The second-order valence-corrected chi connectivity index (χ2v) is 12.2. The van der Waals surface area contributed by atoms with E-state index in [4.69, 9.17) is 11.6 Å². The van der Waals surface area contributed by atoms with Crippen LogP contribution >= 0.6 is 27.5 Å². The number of hydrogen-bond donors (Lipinski definition) is 1. The molecule has 0 bridgehead atoms. The number of nitrogens with zero attached hydrogens (tertiary/aromatic N) is 2. The third-order valence-electron chi connectivity index (χ3n) is 6.11. The van der Waals surface area contributed by atoms with Crippen LogP contribution < -0.4 is 9.62 Å². The summed E-state index contributed by atoms with van der Waals surface area (Å²) in [4.78, 5) is 28.1. The normalized spacial score (nSPS) is 12.1. The molecule has 2 amide bonds. The Hall–Kier alpha value is -2.88. The second kappa shape index (κ2) is 12.8. The van der Waals surface area contributed by atoms with Crippen molar-refractivity contribution in [2.75, 3.05) is 17.4 Å². The third-order valence-corrected chi connectivity index (χ3v) is 8.65. The van der Waals surface area contributed by atoms with Crippen LogP contribution in [0, 0.1) is 13.8 Å². The number of amides is 2. The number of likely N-dealkylation sites (N-methyl/N-ethyl adjacent to an activating group) is 1. The lowest BCUT2D eigenvalue weighted by Crippen LogP contribution is -2.51. The molecule has 0 aliphatic carbocycles. The first-order chi connectivity index (χ1) is 17.9.